The minimum absolute atomic E-state index is 0.0229. The fourth-order valence-corrected chi connectivity index (χ4v) is 2.01. The molecule has 0 spiro atoms. The first-order valence-electron chi connectivity index (χ1n) is 6.04. The summed E-state index contributed by atoms with van der Waals surface area (Å²) in [6.07, 6.45) is 0.175. The Morgan fingerprint density at radius 1 is 1.24 bits per heavy atom. The number of benzene rings is 2. The van der Waals surface area contributed by atoms with Gasteiger partial charge >= 0.3 is 0 Å². The number of nitrogens with two attached hydrogens (primary N) is 1. The summed E-state index contributed by atoms with van der Waals surface area (Å²) in [7, 11) is 0. The molecule has 0 aromatic heterocycles. The van der Waals surface area contributed by atoms with Gasteiger partial charge in [0, 0.05) is 17.4 Å². The monoisotopic (exact) mass is 305 g/mol. The molecule has 2 rings (SSSR count). The number of nitrogen functional groups attached to an aromatic ring is 1. The summed E-state index contributed by atoms with van der Waals surface area (Å²) in [5.41, 5.74) is 7.21. The molecule has 6 nitrogen and oxygen atoms in total. The highest BCUT2D eigenvalue weighted by molar-refractivity contribution is 6.33. The van der Waals surface area contributed by atoms with Crippen molar-refractivity contribution in [2.45, 2.75) is 6.42 Å². The molecule has 1 amide bonds. The highest BCUT2D eigenvalue weighted by Gasteiger charge is 2.13. The number of nitro benzene ring substituents is 1. The number of nitro groups is 1. The first kappa shape index (κ1) is 14.8. The van der Waals surface area contributed by atoms with Gasteiger partial charge in [-0.25, -0.2) is 0 Å². The molecular weight excluding hydrogens is 294 g/mol. The summed E-state index contributed by atoms with van der Waals surface area (Å²) < 4.78 is 0. The van der Waals surface area contributed by atoms with Crippen molar-refractivity contribution in [2.24, 2.45) is 0 Å². The van der Waals surface area contributed by atoms with Gasteiger partial charge in [0.25, 0.3) is 5.69 Å². The van der Waals surface area contributed by atoms with E-state index in [1.165, 1.54) is 18.2 Å². The van der Waals surface area contributed by atoms with Gasteiger partial charge in [0.15, 0.2) is 0 Å². The maximum Gasteiger partial charge on any atom is 0.288 e. The normalized spacial score (nSPS) is 10.1. The molecule has 0 radical (unpaired) electrons. The molecule has 0 atom stereocenters. The van der Waals surface area contributed by atoms with Crippen LogP contribution in [0.5, 0.6) is 0 Å². The zero-order valence-electron chi connectivity index (χ0n) is 10.9. The molecular formula is C14H12ClN3O3. The standard InChI is InChI=1S/C14H12ClN3O3/c15-12-8-11(5-6-13(12)18(20)21)17-14(19)7-9-1-3-10(16)4-2-9/h1-6,8H,7,16H2,(H,17,19). The first-order chi connectivity index (χ1) is 9.95. The maximum absolute atomic E-state index is 11.9. The van der Waals surface area contributed by atoms with Crippen LogP contribution in [0.1, 0.15) is 5.56 Å². The average Bonchev–Trinajstić information content (AvgIpc) is 2.41. The van der Waals surface area contributed by atoms with Crippen LogP contribution < -0.4 is 11.1 Å². The molecule has 2 aromatic carbocycles. The minimum atomic E-state index is -0.581. The fourth-order valence-electron chi connectivity index (χ4n) is 1.76. The third-order valence-electron chi connectivity index (χ3n) is 2.77. The van der Waals surface area contributed by atoms with E-state index in [1.807, 2.05) is 0 Å². The number of anilines is 2. The van der Waals surface area contributed by atoms with Crippen molar-refractivity contribution in [1.82, 2.24) is 0 Å². The van der Waals surface area contributed by atoms with Gasteiger partial charge < -0.3 is 11.1 Å². The summed E-state index contributed by atoms with van der Waals surface area (Å²) in [6.45, 7) is 0. The molecule has 0 aliphatic carbocycles. The second kappa shape index (κ2) is 6.23. The number of hydrogen-bond donors (Lipinski definition) is 2. The molecule has 3 N–H and O–H groups in total. The Balaban J connectivity index is 2.04. The lowest BCUT2D eigenvalue weighted by Gasteiger charge is -2.06. The molecule has 0 saturated carbocycles. The first-order valence-corrected chi connectivity index (χ1v) is 6.42. The predicted molar refractivity (Wildman–Crippen MR) is 81.3 cm³/mol. The molecule has 21 heavy (non-hydrogen) atoms. The Morgan fingerprint density at radius 3 is 2.48 bits per heavy atom. The Hall–Kier alpha value is -2.60. The van der Waals surface area contributed by atoms with E-state index in [-0.39, 0.29) is 23.0 Å². The average molecular weight is 306 g/mol. The van der Waals surface area contributed by atoms with Crippen LogP contribution in [0.25, 0.3) is 0 Å². The number of carbonyl (C=O) groups is 1. The van der Waals surface area contributed by atoms with Crippen molar-refractivity contribution in [1.29, 1.82) is 0 Å². The number of nitrogens with one attached hydrogen (secondary N) is 1. The number of halogens is 1. The molecule has 7 heteroatoms. The van der Waals surface area contributed by atoms with Crippen LogP contribution in [0.3, 0.4) is 0 Å². The van der Waals surface area contributed by atoms with E-state index in [4.69, 9.17) is 17.3 Å². The van der Waals surface area contributed by atoms with E-state index in [0.717, 1.165) is 5.56 Å². The lowest BCUT2D eigenvalue weighted by molar-refractivity contribution is -0.384. The van der Waals surface area contributed by atoms with Gasteiger partial charge in [0.05, 0.1) is 11.3 Å². The van der Waals surface area contributed by atoms with Gasteiger partial charge in [-0.05, 0) is 29.8 Å². The molecule has 0 heterocycles. The Morgan fingerprint density at radius 2 is 1.90 bits per heavy atom. The zero-order valence-corrected chi connectivity index (χ0v) is 11.6. The van der Waals surface area contributed by atoms with Crippen molar-refractivity contribution in [3.63, 3.8) is 0 Å². The lowest BCUT2D eigenvalue weighted by atomic mass is 10.1. The van der Waals surface area contributed by atoms with Crippen molar-refractivity contribution < 1.29 is 9.72 Å². The van der Waals surface area contributed by atoms with Gasteiger partial charge in [0.2, 0.25) is 5.91 Å². The van der Waals surface area contributed by atoms with Gasteiger partial charge in [0.1, 0.15) is 5.02 Å². The molecule has 0 saturated heterocycles. The SMILES string of the molecule is Nc1ccc(CC(=O)Nc2ccc([N+](=O)[O-])c(Cl)c2)cc1. The number of rotatable bonds is 4. The summed E-state index contributed by atoms with van der Waals surface area (Å²) in [4.78, 5) is 21.9. The number of carbonyl (C=O) groups excluding carboxylic acids is 1. The number of hydrogen-bond acceptors (Lipinski definition) is 4. The van der Waals surface area contributed by atoms with Crippen LogP contribution in [0, 0.1) is 10.1 Å². The van der Waals surface area contributed by atoms with Crippen molar-refractivity contribution in [3.8, 4) is 0 Å². The Kier molecular flexibility index (Phi) is 4.39. The van der Waals surface area contributed by atoms with E-state index in [9.17, 15) is 14.9 Å². The van der Waals surface area contributed by atoms with Gasteiger partial charge in [-0.1, -0.05) is 23.7 Å². The van der Waals surface area contributed by atoms with Crippen molar-refractivity contribution in [3.05, 3.63) is 63.2 Å². The third-order valence-corrected chi connectivity index (χ3v) is 3.08. The second-order valence-corrected chi connectivity index (χ2v) is 4.80. The third kappa shape index (κ3) is 3.93. The molecule has 0 bridgehead atoms. The van der Waals surface area contributed by atoms with Gasteiger partial charge in [-0.2, -0.15) is 0 Å². The Bertz CT molecular complexity index is 686. The number of amides is 1. The largest absolute Gasteiger partial charge is 0.399 e. The summed E-state index contributed by atoms with van der Waals surface area (Å²) in [5.74, 6) is -0.246. The topological polar surface area (TPSA) is 98.3 Å². The van der Waals surface area contributed by atoms with Crippen molar-refractivity contribution >= 4 is 34.6 Å². The number of nitrogens with zero attached hydrogens (tertiary/aromatic N) is 1. The van der Waals surface area contributed by atoms with Gasteiger partial charge in [-0.15, -0.1) is 0 Å². The van der Waals surface area contributed by atoms with Crippen LogP contribution >= 0.6 is 11.6 Å². The summed E-state index contributed by atoms with van der Waals surface area (Å²) in [6, 6.07) is 11.0. The predicted octanol–water partition coefficient (Wildman–Crippen LogP) is 3.01. The quantitative estimate of drug-likeness (QED) is 0.515. The minimum Gasteiger partial charge on any atom is -0.399 e. The van der Waals surface area contributed by atoms with Crippen LogP contribution in [0.4, 0.5) is 17.1 Å². The van der Waals surface area contributed by atoms with Crippen LogP contribution in [-0.4, -0.2) is 10.8 Å². The van der Waals surface area contributed by atoms with E-state index in [2.05, 4.69) is 5.32 Å². The molecule has 0 aliphatic heterocycles. The van der Waals surface area contributed by atoms with E-state index in [0.29, 0.717) is 11.4 Å². The smallest absolute Gasteiger partial charge is 0.288 e. The van der Waals surface area contributed by atoms with E-state index >= 15 is 0 Å². The highest BCUT2D eigenvalue weighted by Crippen LogP contribution is 2.27. The fraction of sp³-hybridized carbons (Fsp3) is 0.0714. The Labute approximate surface area is 125 Å². The maximum atomic E-state index is 11.9. The molecule has 0 fully saturated rings. The van der Waals surface area contributed by atoms with Crippen LogP contribution in [0.2, 0.25) is 5.02 Å². The summed E-state index contributed by atoms with van der Waals surface area (Å²) in [5, 5.41) is 13.3. The lowest BCUT2D eigenvalue weighted by Crippen LogP contribution is -2.14. The van der Waals surface area contributed by atoms with Crippen LogP contribution in [-0.2, 0) is 11.2 Å². The van der Waals surface area contributed by atoms with Gasteiger partial charge in [-0.3, -0.25) is 14.9 Å². The highest BCUT2D eigenvalue weighted by atomic mass is 35.5. The molecule has 108 valence electrons. The van der Waals surface area contributed by atoms with E-state index < -0.39 is 4.92 Å². The zero-order chi connectivity index (χ0) is 15.4. The molecule has 0 aliphatic rings. The van der Waals surface area contributed by atoms with Crippen molar-refractivity contribution in [2.75, 3.05) is 11.1 Å². The van der Waals surface area contributed by atoms with Crippen LogP contribution in [0.15, 0.2) is 42.5 Å². The molecule has 0 unspecified atom stereocenters. The summed E-state index contributed by atoms with van der Waals surface area (Å²) >= 11 is 5.78. The van der Waals surface area contributed by atoms with E-state index in [1.54, 1.807) is 24.3 Å². The second-order valence-electron chi connectivity index (χ2n) is 4.39. The molecule has 2 aromatic rings.